The summed E-state index contributed by atoms with van der Waals surface area (Å²) >= 11 is 0. The Kier molecular flexibility index (Phi) is 2.81. The van der Waals surface area contributed by atoms with Gasteiger partial charge >= 0.3 is 0 Å². The second kappa shape index (κ2) is 4.49. The van der Waals surface area contributed by atoms with Crippen molar-refractivity contribution in [2.24, 2.45) is 12.9 Å². The Hall–Kier alpha value is -2.18. The number of rotatable bonds is 3. The molecule has 0 amide bonds. The topological polar surface area (TPSA) is 81.9 Å². The summed E-state index contributed by atoms with van der Waals surface area (Å²) in [6, 6.07) is 7.78. The van der Waals surface area contributed by atoms with Crippen molar-refractivity contribution in [2.75, 3.05) is 0 Å². The molecule has 98 valence electrons. The summed E-state index contributed by atoms with van der Waals surface area (Å²) in [5, 5.41) is 8.83. The molecule has 0 bridgehead atoms. The molecular weight excluding hydrogens is 242 g/mol. The fraction of sp³-hybridized carbons (Fsp3) is 0.231. The molecule has 1 atom stereocenters. The van der Waals surface area contributed by atoms with Gasteiger partial charge in [-0.05, 0) is 25.1 Å². The zero-order valence-electron chi connectivity index (χ0n) is 10.8. The van der Waals surface area contributed by atoms with Gasteiger partial charge in [-0.15, -0.1) is 5.10 Å². The third-order valence-electron chi connectivity index (χ3n) is 3.19. The standard InChI is InChI=1S/C13H15N5O/c1-8-3-4-11-9(5-8)6-12(19-11)13(16-14)10-7-15-17-18(10)2/h3-7,13,16H,14H2,1-2H3. The van der Waals surface area contributed by atoms with Crippen LogP contribution in [-0.4, -0.2) is 15.0 Å². The third-order valence-corrected chi connectivity index (χ3v) is 3.19. The predicted molar refractivity (Wildman–Crippen MR) is 71.1 cm³/mol. The van der Waals surface area contributed by atoms with Gasteiger partial charge in [-0.3, -0.25) is 10.5 Å². The zero-order chi connectivity index (χ0) is 13.4. The first kappa shape index (κ1) is 11.9. The molecule has 3 rings (SSSR count). The Bertz CT molecular complexity index is 715. The van der Waals surface area contributed by atoms with E-state index in [0.717, 1.165) is 22.4 Å². The van der Waals surface area contributed by atoms with Crippen LogP contribution in [0.25, 0.3) is 11.0 Å². The molecule has 3 N–H and O–H groups in total. The van der Waals surface area contributed by atoms with Crippen LogP contribution >= 0.6 is 0 Å². The number of hydrazine groups is 1. The second-order valence-electron chi connectivity index (χ2n) is 4.57. The molecule has 0 saturated carbocycles. The van der Waals surface area contributed by atoms with Crippen LogP contribution in [0.15, 0.2) is 34.9 Å². The SMILES string of the molecule is Cc1ccc2oc(C(NN)c3cnnn3C)cc2c1. The minimum absolute atomic E-state index is 0.271. The molecule has 0 fully saturated rings. The maximum Gasteiger partial charge on any atom is 0.134 e. The van der Waals surface area contributed by atoms with Gasteiger partial charge in [-0.25, -0.2) is 5.43 Å². The van der Waals surface area contributed by atoms with Gasteiger partial charge in [0.1, 0.15) is 17.4 Å². The Morgan fingerprint density at radius 2 is 2.21 bits per heavy atom. The summed E-state index contributed by atoms with van der Waals surface area (Å²) in [5.41, 5.74) is 5.63. The van der Waals surface area contributed by atoms with Crippen molar-refractivity contribution in [3.8, 4) is 0 Å². The molecule has 6 nitrogen and oxygen atoms in total. The molecule has 2 heterocycles. The van der Waals surface area contributed by atoms with Crippen molar-refractivity contribution in [2.45, 2.75) is 13.0 Å². The van der Waals surface area contributed by atoms with E-state index >= 15 is 0 Å². The first-order chi connectivity index (χ1) is 9.19. The van der Waals surface area contributed by atoms with E-state index in [9.17, 15) is 0 Å². The average Bonchev–Trinajstić information content (AvgIpc) is 2.97. The number of fused-ring (bicyclic) bond motifs is 1. The lowest BCUT2D eigenvalue weighted by Crippen LogP contribution is -2.30. The lowest BCUT2D eigenvalue weighted by atomic mass is 10.1. The zero-order valence-corrected chi connectivity index (χ0v) is 10.8. The van der Waals surface area contributed by atoms with Gasteiger partial charge in [0, 0.05) is 12.4 Å². The van der Waals surface area contributed by atoms with E-state index in [-0.39, 0.29) is 6.04 Å². The van der Waals surface area contributed by atoms with Crippen LogP contribution in [0.2, 0.25) is 0 Å². The van der Waals surface area contributed by atoms with Gasteiger partial charge in [0.05, 0.1) is 11.9 Å². The highest BCUT2D eigenvalue weighted by Crippen LogP contribution is 2.27. The van der Waals surface area contributed by atoms with Crippen molar-refractivity contribution >= 4 is 11.0 Å². The van der Waals surface area contributed by atoms with Crippen molar-refractivity contribution in [1.29, 1.82) is 0 Å². The summed E-state index contributed by atoms with van der Waals surface area (Å²) in [6.45, 7) is 2.05. The molecule has 19 heavy (non-hydrogen) atoms. The maximum absolute atomic E-state index is 5.84. The van der Waals surface area contributed by atoms with Gasteiger partial charge in [0.25, 0.3) is 0 Å². The van der Waals surface area contributed by atoms with E-state index in [1.165, 1.54) is 5.56 Å². The van der Waals surface area contributed by atoms with E-state index in [1.807, 2.05) is 25.2 Å². The quantitative estimate of drug-likeness (QED) is 0.548. The van der Waals surface area contributed by atoms with Crippen LogP contribution in [0, 0.1) is 6.92 Å². The molecule has 3 aromatic rings. The van der Waals surface area contributed by atoms with Gasteiger partial charge in [-0.1, -0.05) is 16.8 Å². The number of aromatic nitrogens is 3. The van der Waals surface area contributed by atoms with Crippen LogP contribution in [0.1, 0.15) is 23.1 Å². The van der Waals surface area contributed by atoms with Gasteiger partial charge < -0.3 is 4.42 Å². The number of nitrogens with zero attached hydrogens (tertiary/aromatic N) is 3. The predicted octanol–water partition coefficient (Wildman–Crippen LogP) is 1.42. The second-order valence-corrected chi connectivity index (χ2v) is 4.57. The molecule has 1 aromatic carbocycles. The van der Waals surface area contributed by atoms with Crippen LogP contribution in [-0.2, 0) is 7.05 Å². The highest BCUT2D eigenvalue weighted by atomic mass is 16.3. The van der Waals surface area contributed by atoms with Crippen LogP contribution in [0.5, 0.6) is 0 Å². The molecule has 0 aliphatic rings. The van der Waals surface area contributed by atoms with E-state index in [1.54, 1.807) is 10.9 Å². The first-order valence-corrected chi connectivity index (χ1v) is 6.00. The molecule has 0 aliphatic heterocycles. The van der Waals surface area contributed by atoms with Crippen molar-refractivity contribution in [3.63, 3.8) is 0 Å². The molecule has 6 heteroatoms. The maximum atomic E-state index is 5.84. The lowest BCUT2D eigenvalue weighted by molar-refractivity contribution is 0.458. The van der Waals surface area contributed by atoms with Gasteiger partial charge in [-0.2, -0.15) is 0 Å². The summed E-state index contributed by atoms with van der Waals surface area (Å²) in [6.07, 6.45) is 1.67. The number of hydrogen-bond acceptors (Lipinski definition) is 5. The average molecular weight is 257 g/mol. The fourth-order valence-corrected chi connectivity index (χ4v) is 2.20. The molecule has 0 saturated heterocycles. The monoisotopic (exact) mass is 257 g/mol. The summed E-state index contributed by atoms with van der Waals surface area (Å²) in [5.74, 6) is 6.38. The van der Waals surface area contributed by atoms with E-state index in [2.05, 4.69) is 28.7 Å². The van der Waals surface area contributed by atoms with E-state index in [4.69, 9.17) is 10.3 Å². The number of hydrogen-bond donors (Lipinski definition) is 2. The number of furan rings is 1. The van der Waals surface area contributed by atoms with Crippen LogP contribution in [0.4, 0.5) is 0 Å². The Morgan fingerprint density at radius 3 is 2.89 bits per heavy atom. The Morgan fingerprint density at radius 1 is 1.37 bits per heavy atom. The Balaban J connectivity index is 2.09. The number of nitrogens with two attached hydrogens (primary N) is 1. The third kappa shape index (κ3) is 2.00. The molecule has 1 unspecified atom stereocenters. The lowest BCUT2D eigenvalue weighted by Gasteiger charge is -2.12. The molecule has 2 aromatic heterocycles. The number of aryl methyl sites for hydroxylation is 2. The Labute approximate surface area is 110 Å². The fourth-order valence-electron chi connectivity index (χ4n) is 2.20. The number of benzene rings is 1. The van der Waals surface area contributed by atoms with Crippen molar-refractivity contribution in [1.82, 2.24) is 20.4 Å². The summed E-state index contributed by atoms with van der Waals surface area (Å²) in [7, 11) is 1.82. The minimum atomic E-state index is -0.271. The summed E-state index contributed by atoms with van der Waals surface area (Å²) in [4.78, 5) is 0. The normalized spacial score (nSPS) is 13.0. The first-order valence-electron chi connectivity index (χ1n) is 6.00. The highest BCUT2D eigenvalue weighted by Gasteiger charge is 2.20. The van der Waals surface area contributed by atoms with Gasteiger partial charge in [0.15, 0.2) is 0 Å². The van der Waals surface area contributed by atoms with Gasteiger partial charge in [0.2, 0.25) is 0 Å². The highest BCUT2D eigenvalue weighted by molar-refractivity contribution is 5.78. The molecule has 0 spiro atoms. The van der Waals surface area contributed by atoms with Crippen molar-refractivity contribution < 1.29 is 4.42 Å². The molecular formula is C13H15N5O. The van der Waals surface area contributed by atoms with Crippen LogP contribution in [0.3, 0.4) is 0 Å². The van der Waals surface area contributed by atoms with Crippen LogP contribution < -0.4 is 11.3 Å². The van der Waals surface area contributed by atoms with E-state index < -0.39 is 0 Å². The molecule has 0 aliphatic carbocycles. The summed E-state index contributed by atoms with van der Waals surface area (Å²) < 4.78 is 7.51. The largest absolute Gasteiger partial charge is 0.459 e. The molecule has 0 radical (unpaired) electrons. The smallest absolute Gasteiger partial charge is 0.134 e. The minimum Gasteiger partial charge on any atom is -0.459 e. The van der Waals surface area contributed by atoms with E-state index in [0.29, 0.717) is 0 Å². The van der Waals surface area contributed by atoms with Crippen molar-refractivity contribution in [3.05, 3.63) is 47.5 Å². The number of nitrogens with one attached hydrogen (secondary N) is 1.